The van der Waals surface area contributed by atoms with Crippen molar-refractivity contribution in [2.24, 2.45) is 0 Å². The second-order valence-electron chi connectivity index (χ2n) is 7.55. The fourth-order valence-corrected chi connectivity index (χ4v) is 5.28. The lowest BCUT2D eigenvalue weighted by atomic mass is 9.97. The maximum atomic E-state index is 5.66. The van der Waals surface area contributed by atoms with E-state index < -0.39 is 0 Å². The molecule has 0 radical (unpaired) electrons. The summed E-state index contributed by atoms with van der Waals surface area (Å²) in [5, 5.41) is 4.36. The summed E-state index contributed by atoms with van der Waals surface area (Å²) in [4.78, 5) is 6.94. The van der Waals surface area contributed by atoms with Crippen molar-refractivity contribution in [1.29, 1.82) is 0 Å². The Balaban J connectivity index is 1.78. The zero-order valence-electron chi connectivity index (χ0n) is 15.9. The first-order valence-corrected chi connectivity index (χ1v) is 10.2. The normalized spacial score (nSPS) is 23.7. The van der Waals surface area contributed by atoms with Gasteiger partial charge in [-0.25, -0.2) is 0 Å². The third-order valence-corrected chi connectivity index (χ3v) is 6.42. The summed E-state index contributed by atoms with van der Waals surface area (Å²) < 4.78 is 2.58. The van der Waals surface area contributed by atoms with Gasteiger partial charge in [0.25, 0.3) is 0 Å². The molecule has 4 nitrogen and oxygen atoms in total. The SMILES string of the molecule is CCN1C(=S)N[C@@H](c2ccccn2)[C@@H]1c1cc(C)n(C2CCCC2)c1C. The van der Waals surface area contributed by atoms with Crippen LogP contribution in [0, 0.1) is 13.8 Å². The quantitative estimate of drug-likeness (QED) is 0.799. The molecule has 2 aromatic rings. The number of nitrogens with one attached hydrogen (secondary N) is 1. The molecule has 0 unspecified atom stereocenters. The number of likely N-dealkylation sites (N-methyl/N-ethyl adjacent to an activating group) is 1. The highest BCUT2D eigenvalue weighted by Crippen LogP contribution is 2.42. The maximum Gasteiger partial charge on any atom is 0.170 e. The molecule has 2 aromatic heterocycles. The zero-order chi connectivity index (χ0) is 18.3. The Hall–Kier alpha value is -1.88. The van der Waals surface area contributed by atoms with Crippen molar-refractivity contribution in [2.75, 3.05) is 6.54 Å². The molecule has 0 aromatic carbocycles. The van der Waals surface area contributed by atoms with Gasteiger partial charge in [0.15, 0.2) is 5.11 Å². The molecule has 4 rings (SSSR count). The van der Waals surface area contributed by atoms with E-state index in [1.165, 1.54) is 42.6 Å². The summed E-state index contributed by atoms with van der Waals surface area (Å²) in [7, 11) is 0. The van der Waals surface area contributed by atoms with Gasteiger partial charge in [0.1, 0.15) is 0 Å². The predicted molar refractivity (Wildman–Crippen MR) is 109 cm³/mol. The first-order chi connectivity index (χ1) is 12.6. The Morgan fingerprint density at radius 1 is 1.23 bits per heavy atom. The van der Waals surface area contributed by atoms with Crippen molar-refractivity contribution in [3.05, 3.63) is 53.1 Å². The van der Waals surface area contributed by atoms with Crippen molar-refractivity contribution in [3.8, 4) is 0 Å². The molecule has 1 aliphatic heterocycles. The van der Waals surface area contributed by atoms with Crippen LogP contribution in [0.2, 0.25) is 0 Å². The molecular weight excluding hydrogens is 340 g/mol. The molecule has 1 aliphatic carbocycles. The van der Waals surface area contributed by atoms with E-state index in [0.717, 1.165) is 17.4 Å². The highest BCUT2D eigenvalue weighted by atomic mass is 32.1. The number of aromatic nitrogens is 2. The Labute approximate surface area is 161 Å². The van der Waals surface area contributed by atoms with Crippen LogP contribution in [0.5, 0.6) is 0 Å². The van der Waals surface area contributed by atoms with Gasteiger partial charge in [0, 0.05) is 30.2 Å². The van der Waals surface area contributed by atoms with E-state index in [2.05, 4.69) is 58.7 Å². The van der Waals surface area contributed by atoms with E-state index in [4.69, 9.17) is 12.2 Å². The van der Waals surface area contributed by atoms with Gasteiger partial charge in [-0.2, -0.15) is 0 Å². The van der Waals surface area contributed by atoms with Crippen molar-refractivity contribution in [3.63, 3.8) is 0 Å². The maximum absolute atomic E-state index is 5.66. The number of thiocarbonyl (C=S) groups is 1. The standard InChI is InChI=1S/C21H28N4S/c1-4-24-20(19(23-21(24)26)18-11-7-8-12-22-18)17-13-14(2)25(15(17)3)16-9-5-6-10-16/h7-8,11-13,16,19-20H,4-6,9-10H2,1-3H3,(H,23,26)/t19-,20-/m0/s1. The average molecular weight is 369 g/mol. The summed E-state index contributed by atoms with van der Waals surface area (Å²) in [6.07, 6.45) is 7.18. The van der Waals surface area contributed by atoms with Crippen LogP contribution in [-0.2, 0) is 0 Å². The van der Waals surface area contributed by atoms with Gasteiger partial charge in [0.05, 0.1) is 17.8 Å². The van der Waals surface area contributed by atoms with Crippen molar-refractivity contribution < 1.29 is 0 Å². The molecule has 2 aliphatic rings. The molecule has 1 saturated heterocycles. The number of hydrogen-bond donors (Lipinski definition) is 1. The predicted octanol–water partition coefficient (Wildman–Crippen LogP) is 4.61. The van der Waals surface area contributed by atoms with E-state index in [1.54, 1.807) is 0 Å². The molecule has 2 fully saturated rings. The largest absolute Gasteiger partial charge is 0.352 e. The number of pyridine rings is 1. The lowest BCUT2D eigenvalue weighted by Gasteiger charge is -2.27. The molecule has 5 heteroatoms. The third kappa shape index (κ3) is 2.82. The zero-order valence-corrected chi connectivity index (χ0v) is 16.7. The average Bonchev–Trinajstić information content (AvgIpc) is 3.34. The molecule has 138 valence electrons. The Morgan fingerprint density at radius 2 is 2.00 bits per heavy atom. The van der Waals surface area contributed by atoms with Gasteiger partial charge in [-0.1, -0.05) is 18.9 Å². The summed E-state index contributed by atoms with van der Waals surface area (Å²) >= 11 is 5.66. The highest BCUT2D eigenvalue weighted by molar-refractivity contribution is 7.80. The van der Waals surface area contributed by atoms with Crippen LogP contribution < -0.4 is 5.32 Å². The minimum Gasteiger partial charge on any atom is -0.352 e. The molecule has 3 heterocycles. The van der Waals surface area contributed by atoms with Gasteiger partial charge >= 0.3 is 0 Å². The lowest BCUT2D eigenvalue weighted by Crippen LogP contribution is -2.29. The second kappa shape index (κ2) is 7.03. The Bertz CT molecular complexity index is 792. The molecule has 0 amide bonds. The molecular formula is C21H28N4S. The van der Waals surface area contributed by atoms with Crippen LogP contribution in [-0.4, -0.2) is 26.1 Å². The minimum absolute atomic E-state index is 0.0983. The molecule has 26 heavy (non-hydrogen) atoms. The van der Waals surface area contributed by atoms with Crippen molar-refractivity contribution in [1.82, 2.24) is 19.8 Å². The van der Waals surface area contributed by atoms with E-state index in [9.17, 15) is 0 Å². The van der Waals surface area contributed by atoms with Crippen LogP contribution in [0.1, 0.15) is 73.4 Å². The van der Waals surface area contributed by atoms with Crippen molar-refractivity contribution >= 4 is 17.3 Å². The van der Waals surface area contributed by atoms with E-state index in [1.807, 2.05) is 12.3 Å². The van der Waals surface area contributed by atoms with Gasteiger partial charge < -0.3 is 14.8 Å². The fourth-order valence-electron chi connectivity index (χ4n) is 4.91. The van der Waals surface area contributed by atoms with Crippen LogP contribution in [0.4, 0.5) is 0 Å². The van der Waals surface area contributed by atoms with Gasteiger partial charge in [-0.05, 0) is 69.6 Å². The van der Waals surface area contributed by atoms with E-state index in [-0.39, 0.29) is 12.1 Å². The molecule has 2 atom stereocenters. The van der Waals surface area contributed by atoms with Gasteiger partial charge in [0.2, 0.25) is 0 Å². The van der Waals surface area contributed by atoms with Crippen LogP contribution >= 0.6 is 12.2 Å². The third-order valence-electron chi connectivity index (χ3n) is 6.07. The van der Waals surface area contributed by atoms with E-state index >= 15 is 0 Å². The number of hydrogen-bond acceptors (Lipinski definition) is 2. The molecule has 1 saturated carbocycles. The van der Waals surface area contributed by atoms with Crippen LogP contribution in [0.25, 0.3) is 0 Å². The van der Waals surface area contributed by atoms with Crippen LogP contribution in [0.15, 0.2) is 30.5 Å². The van der Waals surface area contributed by atoms with Gasteiger partial charge in [-0.15, -0.1) is 0 Å². The van der Waals surface area contributed by atoms with Crippen molar-refractivity contribution in [2.45, 2.75) is 64.6 Å². The van der Waals surface area contributed by atoms with Crippen LogP contribution in [0.3, 0.4) is 0 Å². The Morgan fingerprint density at radius 3 is 2.65 bits per heavy atom. The summed E-state index contributed by atoms with van der Waals surface area (Å²) in [6.45, 7) is 7.61. The smallest absolute Gasteiger partial charge is 0.170 e. The monoisotopic (exact) mass is 368 g/mol. The summed E-state index contributed by atoms with van der Waals surface area (Å²) in [5.41, 5.74) is 5.21. The molecule has 0 spiro atoms. The second-order valence-corrected chi connectivity index (χ2v) is 7.93. The summed E-state index contributed by atoms with van der Waals surface area (Å²) in [6, 6.07) is 9.46. The minimum atomic E-state index is 0.0983. The fraction of sp³-hybridized carbons (Fsp3) is 0.524. The first-order valence-electron chi connectivity index (χ1n) is 9.78. The number of rotatable bonds is 4. The molecule has 0 bridgehead atoms. The van der Waals surface area contributed by atoms with Gasteiger partial charge in [-0.3, -0.25) is 4.98 Å². The number of aryl methyl sites for hydroxylation is 1. The topological polar surface area (TPSA) is 33.1 Å². The molecule has 1 N–H and O–H groups in total. The highest BCUT2D eigenvalue weighted by Gasteiger charge is 2.40. The van der Waals surface area contributed by atoms with E-state index in [0.29, 0.717) is 6.04 Å². The Kier molecular flexibility index (Phi) is 4.74. The lowest BCUT2D eigenvalue weighted by molar-refractivity contribution is 0.328. The summed E-state index contributed by atoms with van der Waals surface area (Å²) in [5.74, 6) is 0. The number of nitrogens with zero attached hydrogens (tertiary/aromatic N) is 3. The first kappa shape index (κ1) is 17.5.